The van der Waals surface area contributed by atoms with E-state index in [1.54, 1.807) is 30.5 Å². The number of aryl methyl sites for hydroxylation is 1. The fourth-order valence-electron chi connectivity index (χ4n) is 2.77. The summed E-state index contributed by atoms with van der Waals surface area (Å²) in [5.74, 6) is 0.787. The molecule has 0 aliphatic heterocycles. The van der Waals surface area contributed by atoms with Crippen molar-refractivity contribution < 1.29 is 14.0 Å². The Hall–Kier alpha value is -3.01. The van der Waals surface area contributed by atoms with Gasteiger partial charge in [-0.05, 0) is 31.2 Å². The first kappa shape index (κ1) is 21.2. The molecule has 158 valence electrons. The number of hydrogen-bond donors (Lipinski definition) is 2. The molecule has 3 heterocycles. The van der Waals surface area contributed by atoms with E-state index in [0.29, 0.717) is 44.5 Å². The van der Waals surface area contributed by atoms with Crippen molar-refractivity contribution >= 4 is 51.2 Å². The zero-order chi connectivity index (χ0) is 22.0. The van der Waals surface area contributed by atoms with Gasteiger partial charge >= 0.3 is 0 Å². The topological polar surface area (TPSA) is 97.1 Å². The van der Waals surface area contributed by atoms with Crippen LogP contribution in [0.1, 0.15) is 28.0 Å². The van der Waals surface area contributed by atoms with Gasteiger partial charge in [0.25, 0.3) is 5.91 Å². The van der Waals surface area contributed by atoms with Crippen LogP contribution in [-0.4, -0.2) is 21.8 Å². The van der Waals surface area contributed by atoms with E-state index in [-0.39, 0.29) is 11.8 Å². The molecular weight excluding hydrogens is 456 g/mol. The summed E-state index contributed by atoms with van der Waals surface area (Å²) < 4.78 is 5.70. The maximum absolute atomic E-state index is 12.8. The van der Waals surface area contributed by atoms with Gasteiger partial charge in [-0.2, -0.15) is 0 Å². The van der Waals surface area contributed by atoms with Gasteiger partial charge in [0.2, 0.25) is 5.91 Å². The van der Waals surface area contributed by atoms with Crippen LogP contribution in [0.2, 0.25) is 5.02 Å². The van der Waals surface area contributed by atoms with Crippen LogP contribution in [0, 0.1) is 6.92 Å². The van der Waals surface area contributed by atoms with Crippen molar-refractivity contribution in [2.45, 2.75) is 20.4 Å². The molecular formula is C21H17ClN4O3S2. The largest absolute Gasteiger partial charge is 0.458 e. The van der Waals surface area contributed by atoms with Gasteiger partial charge in [-0.15, -0.1) is 22.7 Å². The Balaban J connectivity index is 1.47. The fourth-order valence-corrected chi connectivity index (χ4v) is 4.62. The minimum Gasteiger partial charge on any atom is -0.458 e. The minimum absolute atomic E-state index is 0.131. The highest BCUT2D eigenvalue weighted by atomic mass is 35.5. The van der Waals surface area contributed by atoms with Gasteiger partial charge in [0, 0.05) is 22.9 Å². The van der Waals surface area contributed by atoms with Gasteiger partial charge in [-0.1, -0.05) is 23.7 Å². The van der Waals surface area contributed by atoms with E-state index in [1.165, 1.54) is 29.6 Å². The number of nitrogens with zero attached hydrogens (tertiary/aromatic N) is 2. The van der Waals surface area contributed by atoms with E-state index in [4.69, 9.17) is 16.0 Å². The normalized spacial score (nSPS) is 10.8. The number of aromatic nitrogens is 2. The number of benzene rings is 1. The number of carbonyl (C=O) groups is 2. The Kier molecular flexibility index (Phi) is 6.17. The number of carbonyl (C=O) groups excluding carboxylic acids is 2. The molecule has 4 aromatic rings. The highest BCUT2D eigenvalue weighted by Gasteiger charge is 2.18. The number of nitrogens with one attached hydrogen (secondary N) is 2. The molecule has 1 aromatic carbocycles. The van der Waals surface area contributed by atoms with Crippen LogP contribution in [0.5, 0.6) is 0 Å². The average molecular weight is 473 g/mol. The number of halogens is 1. The van der Waals surface area contributed by atoms with Crippen LogP contribution in [0.25, 0.3) is 22.0 Å². The molecule has 0 saturated heterocycles. The van der Waals surface area contributed by atoms with Crippen molar-refractivity contribution in [1.29, 1.82) is 0 Å². The summed E-state index contributed by atoms with van der Waals surface area (Å²) in [7, 11) is 0. The molecule has 3 aromatic heterocycles. The predicted molar refractivity (Wildman–Crippen MR) is 123 cm³/mol. The molecule has 4 rings (SSSR count). The van der Waals surface area contributed by atoms with Crippen LogP contribution < -0.4 is 10.6 Å². The third-order valence-electron chi connectivity index (χ3n) is 4.22. The van der Waals surface area contributed by atoms with Crippen molar-refractivity contribution in [2.75, 3.05) is 5.32 Å². The first-order valence-corrected chi connectivity index (χ1v) is 11.3. The van der Waals surface area contributed by atoms with Crippen molar-refractivity contribution in [3.05, 3.63) is 63.1 Å². The Morgan fingerprint density at radius 1 is 1.19 bits per heavy atom. The lowest BCUT2D eigenvalue weighted by molar-refractivity contribution is -0.119. The number of thiazole rings is 2. The lowest BCUT2D eigenvalue weighted by Gasteiger charge is -1.99. The first-order valence-electron chi connectivity index (χ1n) is 9.23. The maximum Gasteiger partial charge on any atom is 0.269 e. The lowest BCUT2D eigenvalue weighted by Crippen LogP contribution is -2.18. The molecule has 0 saturated carbocycles. The summed E-state index contributed by atoms with van der Waals surface area (Å²) in [4.78, 5) is 33.3. The molecule has 0 radical (unpaired) electrons. The summed E-state index contributed by atoms with van der Waals surface area (Å²) >= 11 is 8.67. The Morgan fingerprint density at radius 2 is 2.03 bits per heavy atom. The molecule has 0 fully saturated rings. The monoisotopic (exact) mass is 472 g/mol. The zero-order valence-electron chi connectivity index (χ0n) is 16.6. The number of amides is 2. The quantitative estimate of drug-likeness (QED) is 0.393. The number of anilines is 1. The predicted octanol–water partition coefficient (Wildman–Crippen LogP) is 5.38. The molecule has 10 heteroatoms. The first-order chi connectivity index (χ1) is 14.9. The van der Waals surface area contributed by atoms with Crippen molar-refractivity contribution in [3.63, 3.8) is 0 Å². The van der Waals surface area contributed by atoms with Crippen LogP contribution in [0.4, 0.5) is 5.13 Å². The second-order valence-electron chi connectivity index (χ2n) is 6.61. The van der Waals surface area contributed by atoms with Crippen molar-refractivity contribution in [3.8, 4) is 22.0 Å². The van der Waals surface area contributed by atoms with Gasteiger partial charge in [0.1, 0.15) is 21.3 Å². The van der Waals surface area contributed by atoms with Crippen molar-refractivity contribution in [1.82, 2.24) is 15.3 Å². The molecule has 0 unspecified atom stereocenters. The summed E-state index contributed by atoms with van der Waals surface area (Å²) in [6.07, 6.45) is 0. The highest BCUT2D eigenvalue weighted by molar-refractivity contribution is 7.17. The van der Waals surface area contributed by atoms with E-state index in [1.807, 2.05) is 18.2 Å². The van der Waals surface area contributed by atoms with Crippen molar-refractivity contribution in [2.24, 2.45) is 0 Å². The van der Waals surface area contributed by atoms with Gasteiger partial charge in [-0.3, -0.25) is 14.9 Å². The Morgan fingerprint density at radius 3 is 2.81 bits per heavy atom. The molecule has 0 aliphatic rings. The average Bonchev–Trinajstić information content (AvgIpc) is 3.45. The second-order valence-corrected chi connectivity index (χ2v) is 8.91. The third kappa shape index (κ3) is 5.01. The number of hydrogen-bond acceptors (Lipinski definition) is 7. The van der Waals surface area contributed by atoms with Gasteiger partial charge in [0.05, 0.1) is 12.2 Å². The summed E-state index contributed by atoms with van der Waals surface area (Å²) in [5.41, 5.74) is 2.11. The fraction of sp³-hybridized carbons (Fsp3) is 0.143. The smallest absolute Gasteiger partial charge is 0.269 e. The van der Waals surface area contributed by atoms with E-state index >= 15 is 0 Å². The van der Waals surface area contributed by atoms with Gasteiger partial charge in [0.15, 0.2) is 10.9 Å². The Bertz CT molecular complexity index is 1260. The summed E-state index contributed by atoms with van der Waals surface area (Å²) in [6.45, 7) is 3.55. The molecule has 2 amide bonds. The van der Waals surface area contributed by atoms with Crippen LogP contribution >= 0.6 is 34.3 Å². The van der Waals surface area contributed by atoms with Gasteiger partial charge < -0.3 is 9.73 Å². The highest BCUT2D eigenvalue weighted by Crippen LogP contribution is 2.31. The Labute approximate surface area is 191 Å². The number of furan rings is 1. The third-order valence-corrected chi connectivity index (χ3v) is 6.42. The molecule has 0 spiro atoms. The molecule has 0 aliphatic carbocycles. The minimum atomic E-state index is -0.269. The van der Waals surface area contributed by atoms with Crippen LogP contribution in [0.3, 0.4) is 0 Å². The maximum atomic E-state index is 12.8. The molecule has 7 nitrogen and oxygen atoms in total. The standard InChI is InChI=1S/C21H17ClN4O3S2/c1-11-18(31-20(24-11)13-4-3-5-14(22)8-13)19(28)26-21-25-16(10-30-21)17-7-6-15(29-17)9-23-12(2)27/h3-8,10H,9H2,1-2H3,(H,23,27)(H,25,26,28). The number of rotatable bonds is 6. The lowest BCUT2D eigenvalue weighted by atomic mass is 10.2. The van der Waals surface area contributed by atoms with E-state index < -0.39 is 0 Å². The molecule has 0 atom stereocenters. The molecule has 2 N–H and O–H groups in total. The molecule has 31 heavy (non-hydrogen) atoms. The summed E-state index contributed by atoms with van der Waals surface area (Å²) in [5, 5.41) is 9.10. The second kappa shape index (κ2) is 9.01. The van der Waals surface area contributed by atoms with E-state index in [9.17, 15) is 9.59 Å². The SMILES string of the molecule is CC(=O)NCc1ccc(-c2csc(NC(=O)c3sc(-c4cccc(Cl)c4)nc3C)n2)o1. The summed E-state index contributed by atoms with van der Waals surface area (Å²) in [6, 6.07) is 10.9. The van der Waals surface area contributed by atoms with E-state index in [0.717, 1.165) is 10.6 Å². The zero-order valence-corrected chi connectivity index (χ0v) is 19.0. The van der Waals surface area contributed by atoms with Crippen LogP contribution in [0.15, 0.2) is 46.2 Å². The molecule has 0 bridgehead atoms. The van der Waals surface area contributed by atoms with E-state index in [2.05, 4.69) is 20.6 Å². The van der Waals surface area contributed by atoms with Gasteiger partial charge in [-0.25, -0.2) is 9.97 Å². The van der Waals surface area contributed by atoms with Crippen LogP contribution in [-0.2, 0) is 11.3 Å².